The highest BCUT2D eigenvalue weighted by Gasteiger charge is 2.49. The lowest BCUT2D eigenvalue weighted by Gasteiger charge is -2.15. The minimum atomic E-state index is -6.13. The van der Waals surface area contributed by atoms with Crippen molar-refractivity contribution in [1.82, 2.24) is 14.5 Å². The first kappa shape index (κ1) is 30.3. The number of nitriles is 1. The molecule has 40 heavy (non-hydrogen) atoms. The molecule has 0 aliphatic carbocycles. The van der Waals surface area contributed by atoms with Crippen molar-refractivity contribution in [2.45, 2.75) is 45.7 Å². The Kier molecular flexibility index (Phi) is 9.32. The summed E-state index contributed by atoms with van der Waals surface area (Å²) in [6.45, 7) is 4.80. The highest BCUT2D eigenvalue weighted by atomic mass is 32.2. The van der Waals surface area contributed by atoms with Gasteiger partial charge in [0.25, 0.3) is 5.88 Å². The fraction of sp³-hybridized carbons (Fsp3) is 0.375. The van der Waals surface area contributed by atoms with Crippen LogP contribution in [0.3, 0.4) is 0 Å². The Balaban J connectivity index is 2.33. The summed E-state index contributed by atoms with van der Waals surface area (Å²) >= 11 is 0. The molecule has 3 rings (SSSR count). The zero-order valence-electron chi connectivity index (χ0n) is 21.4. The molecular weight excluding hydrogens is 561 g/mol. The Morgan fingerprint density at radius 3 is 2.20 bits per heavy atom. The smallest absolute Gasteiger partial charge is 0.427 e. The van der Waals surface area contributed by atoms with Crippen molar-refractivity contribution in [3.05, 3.63) is 30.1 Å². The van der Waals surface area contributed by atoms with Crippen molar-refractivity contribution in [3.8, 4) is 34.7 Å². The fourth-order valence-corrected chi connectivity index (χ4v) is 4.14. The van der Waals surface area contributed by atoms with E-state index in [0.29, 0.717) is 6.61 Å². The molecule has 16 heteroatoms. The number of ether oxygens (including phenoxy) is 3. The predicted octanol–water partition coefficient (Wildman–Crippen LogP) is 3.87. The van der Waals surface area contributed by atoms with E-state index in [1.165, 1.54) is 22.8 Å². The van der Waals surface area contributed by atoms with Gasteiger partial charge in [-0.15, -0.1) is 0 Å². The molecule has 214 valence electrons. The van der Waals surface area contributed by atoms with Gasteiger partial charge in [0.15, 0.2) is 0 Å². The van der Waals surface area contributed by atoms with Gasteiger partial charge in [0.2, 0.25) is 0 Å². The lowest BCUT2D eigenvalue weighted by Crippen LogP contribution is -2.28. The van der Waals surface area contributed by atoms with Gasteiger partial charge in [0.05, 0.1) is 5.69 Å². The molecule has 0 aliphatic heterocycles. The topological polar surface area (TPSA) is 160 Å². The van der Waals surface area contributed by atoms with Crippen LogP contribution in [0.2, 0.25) is 0 Å². The lowest BCUT2D eigenvalue weighted by molar-refractivity contribution is -0.132. The van der Waals surface area contributed by atoms with Crippen LogP contribution < -0.4 is 13.7 Å². The average molecular weight is 585 g/mol. The first-order valence-electron chi connectivity index (χ1n) is 11.7. The number of hydrogen-bond donors (Lipinski definition) is 0. The SMILES string of the molecule is CCCOCCCn1c(-c2cc(OC(C)=O)cc(OC(C)=O)c2)c(C#N)c2ncnc(OS(=O)(=O)C(F)(F)F)c21. The number of nitrogens with zero attached hydrogens (tertiary/aromatic N) is 4. The van der Waals surface area contributed by atoms with Crippen LogP contribution in [0.25, 0.3) is 22.3 Å². The molecule has 3 aromatic rings. The monoisotopic (exact) mass is 584 g/mol. The summed E-state index contributed by atoms with van der Waals surface area (Å²) in [5.41, 5.74) is -6.30. The summed E-state index contributed by atoms with van der Waals surface area (Å²) in [5, 5.41) is 10.1. The Hall–Kier alpha value is -4.23. The minimum absolute atomic E-state index is 0.0201. The molecule has 0 aliphatic rings. The van der Waals surface area contributed by atoms with Gasteiger partial charge in [-0.2, -0.15) is 31.8 Å². The number of rotatable bonds is 11. The third-order valence-corrected chi connectivity index (χ3v) is 6.03. The van der Waals surface area contributed by atoms with Crippen molar-refractivity contribution in [2.75, 3.05) is 13.2 Å². The maximum absolute atomic E-state index is 13.1. The maximum Gasteiger partial charge on any atom is 0.534 e. The number of aromatic nitrogens is 3. The van der Waals surface area contributed by atoms with E-state index in [0.717, 1.165) is 26.6 Å². The van der Waals surface area contributed by atoms with Gasteiger partial charge in [-0.3, -0.25) is 9.59 Å². The summed E-state index contributed by atoms with van der Waals surface area (Å²) in [7, 11) is -6.13. The number of hydrogen-bond acceptors (Lipinski definition) is 11. The van der Waals surface area contributed by atoms with Crippen LogP contribution in [0, 0.1) is 11.3 Å². The molecule has 2 aromatic heterocycles. The second-order valence-corrected chi connectivity index (χ2v) is 9.73. The summed E-state index contributed by atoms with van der Waals surface area (Å²) < 4.78 is 84.5. The molecule has 0 fully saturated rings. The Morgan fingerprint density at radius 2 is 1.68 bits per heavy atom. The number of carbonyl (C=O) groups is 2. The van der Waals surface area contributed by atoms with E-state index in [9.17, 15) is 36.4 Å². The molecule has 0 spiro atoms. The molecule has 0 N–H and O–H groups in total. The lowest BCUT2D eigenvalue weighted by atomic mass is 10.1. The van der Waals surface area contributed by atoms with Crippen molar-refractivity contribution >= 4 is 33.1 Å². The fourth-order valence-electron chi connectivity index (χ4n) is 3.72. The molecule has 0 amide bonds. The van der Waals surface area contributed by atoms with E-state index >= 15 is 0 Å². The molecular formula is C24H23F3N4O8S. The predicted molar refractivity (Wildman–Crippen MR) is 132 cm³/mol. The van der Waals surface area contributed by atoms with Crippen LogP contribution in [0.1, 0.15) is 39.2 Å². The molecule has 0 bridgehead atoms. The number of fused-ring (bicyclic) bond motifs is 1. The van der Waals surface area contributed by atoms with Gasteiger partial charge < -0.3 is 23.0 Å². The molecule has 0 saturated heterocycles. The summed E-state index contributed by atoms with van der Waals surface area (Å²) in [4.78, 5) is 30.9. The molecule has 0 atom stereocenters. The Morgan fingerprint density at radius 1 is 1.05 bits per heavy atom. The number of esters is 2. The van der Waals surface area contributed by atoms with Gasteiger partial charge >= 0.3 is 27.6 Å². The standard InChI is InChI=1S/C24H23F3N4O8S/c1-4-7-36-8-5-6-31-21(16-9-17(37-14(2)32)11-18(10-16)38-15(3)33)19(12-28)20-22(31)23(30-13-29-20)39-40(34,35)24(25,26)27/h9-11,13H,4-8H2,1-3H3. The average Bonchev–Trinajstić information content (AvgIpc) is 3.16. The quantitative estimate of drug-likeness (QED) is 0.106. The third kappa shape index (κ3) is 6.85. The van der Waals surface area contributed by atoms with Crippen LogP contribution in [0.5, 0.6) is 17.4 Å². The van der Waals surface area contributed by atoms with E-state index in [1.807, 2.05) is 13.0 Å². The van der Waals surface area contributed by atoms with Crippen LogP contribution in [0.4, 0.5) is 13.2 Å². The molecule has 0 unspecified atom stereocenters. The number of carbonyl (C=O) groups excluding carboxylic acids is 2. The first-order valence-corrected chi connectivity index (χ1v) is 13.1. The zero-order valence-corrected chi connectivity index (χ0v) is 22.3. The van der Waals surface area contributed by atoms with Crippen LogP contribution in [-0.4, -0.2) is 53.6 Å². The largest absolute Gasteiger partial charge is 0.534 e. The number of aryl methyl sites for hydroxylation is 1. The van der Waals surface area contributed by atoms with E-state index in [-0.39, 0.29) is 58.9 Å². The third-order valence-electron chi connectivity index (χ3n) is 5.08. The Labute approximate surface area is 226 Å². The van der Waals surface area contributed by atoms with E-state index < -0.39 is 33.4 Å². The summed E-state index contributed by atoms with van der Waals surface area (Å²) in [6.07, 6.45) is 1.75. The highest BCUT2D eigenvalue weighted by molar-refractivity contribution is 7.88. The van der Waals surface area contributed by atoms with Crippen LogP contribution in [0.15, 0.2) is 24.5 Å². The maximum atomic E-state index is 13.1. The molecule has 12 nitrogen and oxygen atoms in total. The first-order chi connectivity index (χ1) is 18.8. The highest BCUT2D eigenvalue weighted by Crippen LogP contribution is 2.40. The summed E-state index contributed by atoms with van der Waals surface area (Å²) in [6, 6.07) is 5.82. The van der Waals surface area contributed by atoms with E-state index in [2.05, 4.69) is 14.2 Å². The molecule has 1 aromatic carbocycles. The molecule has 2 heterocycles. The number of alkyl halides is 3. The summed E-state index contributed by atoms with van der Waals surface area (Å²) in [5.74, 6) is -2.53. The van der Waals surface area contributed by atoms with Gasteiger partial charge in [0.1, 0.15) is 40.5 Å². The Bertz CT molecular complexity index is 1550. The van der Waals surface area contributed by atoms with Gasteiger partial charge in [0, 0.05) is 45.2 Å². The number of halogens is 3. The normalized spacial score (nSPS) is 11.7. The minimum Gasteiger partial charge on any atom is -0.427 e. The van der Waals surface area contributed by atoms with Crippen molar-refractivity contribution in [2.24, 2.45) is 0 Å². The molecule has 0 radical (unpaired) electrons. The van der Waals surface area contributed by atoms with Crippen molar-refractivity contribution in [3.63, 3.8) is 0 Å². The van der Waals surface area contributed by atoms with E-state index in [4.69, 9.17) is 14.2 Å². The molecule has 0 saturated carbocycles. The van der Waals surface area contributed by atoms with Crippen LogP contribution in [-0.2, 0) is 31.0 Å². The van der Waals surface area contributed by atoms with Gasteiger partial charge in [-0.05, 0) is 25.0 Å². The zero-order chi connectivity index (χ0) is 29.7. The second kappa shape index (κ2) is 12.3. The number of benzene rings is 1. The van der Waals surface area contributed by atoms with Gasteiger partial charge in [-0.25, -0.2) is 4.98 Å². The second-order valence-electron chi connectivity index (χ2n) is 8.19. The van der Waals surface area contributed by atoms with Crippen LogP contribution >= 0.6 is 0 Å². The van der Waals surface area contributed by atoms with Crippen molar-refractivity contribution in [1.29, 1.82) is 5.26 Å². The van der Waals surface area contributed by atoms with Crippen molar-refractivity contribution < 1.29 is 49.6 Å². The van der Waals surface area contributed by atoms with E-state index in [1.54, 1.807) is 0 Å². The van der Waals surface area contributed by atoms with Gasteiger partial charge in [-0.1, -0.05) is 6.92 Å².